The molecule has 43 heavy (non-hydrogen) atoms. The number of alkyl halides is 2. The molecule has 3 aromatic carbocycles. The van der Waals surface area contributed by atoms with Crippen LogP contribution in [0, 0.1) is 0 Å². The predicted octanol–water partition coefficient (Wildman–Crippen LogP) is 4.21. The zero-order valence-corrected chi connectivity index (χ0v) is 24.9. The number of benzene rings is 3. The van der Waals surface area contributed by atoms with E-state index in [2.05, 4.69) is 4.72 Å². The van der Waals surface area contributed by atoms with E-state index in [4.69, 9.17) is 19.4 Å². The highest BCUT2D eigenvalue weighted by atomic mass is 32.2. The van der Waals surface area contributed by atoms with E-state index in [0.717, 1.165) is 29.3 Å². The molecule has 15 heteroatoms. The van der Waals surface area contributed by atoms with E-state index in [1.54, 1.807) is 18.2 Å². The number of unbranched alkanes of at least 4 members (excludes halogenated alkanes) is 1. The van der Waals surface area contributed by atoms with Crippen LogP contribution in [-0.4, -0.2) is 54.8 Å². The highest BCUT2D eigenvalue weighted by Crippen LogP contribution is 2.59. The van der Waals surface area contributed by atoms with Crippen LogP contribution in [0.4, 0.5) is 8.78 Å². The van der Waals surface area contributed by atoms with Gasteiger partial charge in [0.05, 0.1) is 18.6 Å². The molecule has 3 aromatic rings. The second-order valence-corrected chi connectivity index (χ2v) is 12.7. The zero-order chi connectivity index (χ0) is 31.8. The number of nitrogens with zero attached hydrogens (tertiary/aromatic N) is 1. The molecule has 11 nitrogen and oxygen atoms in total. The van der Waals surface area contributed by atoms with Gasteiger partial charge in [-0.1, -0.05) is 67.9 Å². The Morgan fingerprint density at radius 3 is 2.19 bits per heavy atom. The third-order valence-electron chi connectivity index (χ3n) is 6.22. The van der Waals surface area contributed by atoms with Gasteiger partial charge in [0.1, 0.15) is 11.6 Å². The molecule has 0 saturated carbocycles. The van der Waals surface area contributed by atoms with Gasteiger partial charge in [0.25, 0.3) is 5.91 Å². The molecule has 0 heterocycles. The molecule has 3 rings (SSSR count). The Balaban J connectivity index is 2.01. The molecular weight excluding hydrogens is 609 g/mol. The molecule has 1 unspecified atom stereocenters. The highest BCUT2D eigenvalue weighted by molar-refractivity contribution is 7.89. The van der Waals surface area contributed by atoms with Crippen molar-refractivity contribution in [3.63, 3.8) is 0 Å². The minimum absolute atomic E-state index is 0.00184. The molecule has 232 valence electrons. The van der Waals surface area contributed by atoms with Crippen LogP contribution in [0.1, 0.15) is 41.3 Å². The van der Waals surface area contributed by atoms with Gasteiger partial charge < -0.3 is 19.4 Å². The van der Waals surface area contributed by atoms with Crippen LogP contribution in [-0.2, 0) is 36.2 Å². The number of nitrogens with one attached hydrogen (secondary N) is 1. The van der Waals surface area contributed by atoms with Crippen LogP contribution in [0.5, 0.6) is 5.75 Å². The van der Waals surface area contributed by atoms with Gasteiger partial charge in [-0.25, -0.2) is 13.2 Å². The fraction of sp³-hybridized carbons (Fsp3) is 0.286. The van der Waals surface area contributed by atoms with Crippen molar-refractivity contribution in [2.45, 2.75) is 42.8 Å². The number of halogens is 2. The quantitative estimate of drug-likeness (QED) is 0.133. The molecule has 3 N–H and O–H groups in total. The van der Waals surface area contributed by atoms with Crippen molar-refractivity contribution >= 4 is 29.5 Å². The first-order valence-corrected chi connectivity index (χ1v) is 16.1. The Hall–Kier alpha value is -3.68. The van der Waals surface area contributed by atoms with Crippen LogP contribution >= 0.6 is 7.60 Å². The Labute approximate surface area is 247 Å². The van der Waals surface area contributed by atoms with Crippen LogP contribution in [0.25, 0.3) is 0 Å². The van der Waals surface area contributed by atoms with E-state index in [9.17, 15) is 31.4 Å². The summed E-state index contributed by atoms with van der Waals surface area (Å²) in [6.07, 6.45) is 0.717. The summed E-state index contributed by atoms with van der Waals surface area (Å²) in [5.41, 5.74) is -5.19. The summed E-state index contributed by atoms with van der Waals surface area (Å²) in [7, 11) is -8.92. The zero-order valence-electron chi connectivity index (χ0n) is 23.2. The largest absolute Gasteiger partial charge is 0.465 e. The number of hydrogen-bond acceptors (Lipinski definition) is 7. The summed E-state index contributed by atoms with van der Waals surface area (Å²) in [6.45, 7) is 1.86. The molecule has 0 aromatic heterocycles. The van der Waals surface area contributed by atoms with Crippen LogP contribution in [0.2, 0.25) is 0 Å². The summed E-state index contributed by atoms with van der Waals surface area (Å²) in [4.78, 5) is 50.0. The maximum atomic E-state index is 14.2. The normalized spacial score (nSPS) is 12.8. The Morgan fingerprint density at radius 2 is 1.60 bits per heavy atom. The van der Waals surface area contributed by atoms with Crippen molar-refractivity contribution in [2.24, 2.45) is 0 Å². The van der Waals surface area contributed by atoms with Gasteiger partial charge in [-0.15, -0.1) is 0 Å². The molecule has 0 spiro atoms. The van der Waals surface area contributed by atoms with Gasteiger partial charge in [-0.2, -0.15) is 18.6 Å². The predicted molar refractivity (Wildman–Crippen MR) is 152 cm³/mol. The lowest BCUT2D eigenvalue weighted by Gasteiger charge is -2.28. The van der Waals surface area contributed by atoms with Crippen molar-refractivity contribution in [3.05, 3.63) is 95.6 Å². The van der Waals surface area contributed by atoms with E-state index in [1.165, 1.54) is 43.5 Å². The molecule has 0 saturated heterocycles. The lowest BCUT2D eigenvalue weighted by molar-refractivity contribution is -0.159. The standard InChI is InChI=1S/C28H31F2N2O9PS/c1-3-4-18-32(41-25-13-9-8-12-23(25)27(34)40-2)26(33)24(31-43(38,39)22-10-6-5-7-11-22)19-20-14-16-21(17-15-20)28(29,30)42(35,36)37/h5-17,24,31H,3-4,18-19H2,1-2H3,(H2,35,36,37). The van der Waals surface area contributed by atoms with Crippen molar-refractivity contribution in [1.29, 1.82) is 0 Å². The topological polar surface area (TPSA) is 160 Å². The van der Waals surface area contributed by atoms with E-state index in [0.29, 0.717) is 12.8 Å². The molecule has 0 bridgehead atoms. The number of rotatable bonds is 14. The Morgan fingerprint density at radius 1 is 1.00 bits per heavy atom. The summed E-state index contributed by atoms with van der Waals surface area (Å²) >= 11 is 0. The Bertz CT molecular complexity index is 1570. The van der Waals surface area contributed by atoms with Gasteiger partial charge in [-0.05, 0) is 42.7 Å². The second-order valence-electron chi connectivity index (χ2n) is 9.35. The molecule has 0 aliphatic rings. The fourth-order valence-electron chi connectivity index (χ4n) is 3.90. The first kappa shape index (κ1) is 33.8. The lowest BCUT2D eigenvalue weighted by Crippen LogP contribution is -2.51. The third-order valence-corrected chi connectivity index (χ3v) is 8.69. The van der Waals surface area contributed by atoms with Crippen molar-refractivity contribution in [2.75, 3.05) is 13.7 Å². The number of sulfonamides is 1. The number of esters is 1. The molecular formula is C28H31F2N2O9PS. The fourth-order valence-corrected chi connectivity index (χ4v) is 5.60. The highest BCUT2D eigenvalue weighted by Gasteiger charge is 2.50. The van der Waals surface area contributed by atoms with Gasteiger partial charge in [0, 0.05) is 5.56 Å². The van der Waals surface area contributed by atoms with E-state index in [-0.39, 0.29) is 34.7 Å². The molecule has 0 aliphatic heterocycles. The summed E-state index contributed by atoms with van der Waals surface area (Å²) in [5.74, 6) is -1.60. The number of carbonyl (C=O) groups is 2. The Kier molecular flexibility index (Phi) is 11.2. The van der Waals surface area contributed by atoms with E-state index >= 15 is 0 Å². The van der Waals surface area contributed by atoms with Crippen LogP contribution in [0.3, 0.4) is 0 Å². The molecule has 1 atom stereocenters. The first-order valence-electron chi connectivity index (χ1n) is 13.0. The summed E-state index contributed by atoms with van der Waals surface area (Å²) in [5, 5.41) is 0.916. The summed E-state index contributed by atoms with van der Waals surface area (Å²) < 4.78 is 73.2. The number of hydrogen-bond donors (Lipinski definition) is 3. The SMILES string of the molecule is CCCCN(Oc1ccccc1C(=O)OC)C(=O)C(Cc1ccc(C(F)(F)P(=O)(O)O)cc1)NS(=O)(=O)c1ccccc1. The molecule has 0 radical (unpaired) electrons. The van der Waals surface area contributed by atoms with Gasteiger partial charge >= 0.3 is 19.2 Å². The number of amides is 1. The average molecular weight is 641 g/mol. The molecule has 0 aliphatic carbocycles. The molecule has 0 fully saturated rings. The van der Waals surface area contributed by atoms with Crippen molar-refractivity contribution < 1.29 is 50.7 Å². The number of carbonyl (C=O) groups excluding carboxylic acids is 2. The van der Waals surface area contributed by atoms with Crippen LogP contribution < -0.4 is 9.56 Å². The minimum Gasteiger partial charge on any atom is -0.465 e. The number of hydroxylamine groups is 2. The maximum absolute atomic E-state index is 14.2. The number of methoxy groups -OCH3 is 1. The minimum atomic E-state index is -5.82. The maximum Gasteiger partial charge on any atom is 0.399 e. The second kappa shape index (κ2) is 14.2. The molecule has 1 amide bonds. The third kappa shape index (κ3) is 8.46. The first-order chi connectivity index (χ1) is 20.2. The monoisotopic (exact) mass is 640 g/mol. The average Bonchev–Trinajstić information content (AvgIpc) is 2.98. The van der Waals surface area contributed by atoms with Gasteiger partial charge in [0.15, 0.2) is 5.75 Å². The van der Waals surface area contributed by atoms with E-state index < -0.39 is 46.8 Å². The lowest BCUT2D eigenvalue weighted by atomic mass is 10.0. The van der Waals surface area contributed by atoms with Crippen molar-refractivity contribution in [3.8, 4) is 5.75 Å². The number of para-hydroxylation sites is 1. The van der Waals surface area contributed by atoms with Crippen molar-refractivity contribution in [1.82, 2.24) is 9.79 Å². The number of ether oxygens (including phenoxy) is 1. The van der Waals surface area contributed by atoms with Gasteiger partial charge in [-0.3, -0.25) is 9.36 Å². The van der Waals surface area contributed by atoms with Gasteiger partial charge in [0.2, 0.25) is 10.0 Å². The summed E-state index contributed by atoms with van der Waals surface area (Å²) in [6, 6.07) is 15.5. The smallest absolute Gasteiger partial charge is 0.399 e. The van der Waals surface area contributed by atoms with Crippen LogP contribution in [0.15, 0.2) is 83.8 Å². The van der Waals surface area contributed by atoms with E-state index in [1.807, 2.05) is 6.92 Å².